The Kier molecular flexibility index (Phi) is 7.10. The lowest BCUT2D eigenvalue weighted by molar-refractivity contribution is -0.125. The molecule has 1 aromatic heterocycles. The van der Waals surface area contributed by atoms with E-state index in [1.807, 2.05) is 52.0 Å². The molecule has 1 aliphatic heterocycles. The van der Waals surface area contributed by atoms with Crippen LogP contribution in [0.3, 0.4) is 0 Å². The van der Waals surface area contributed by atoms with Crippen molar-refractivity contribution in [1.82, 2.24) is 4.98 Å². The van der Waals surface area contributed by atoms with E-state index < -0.39 is 11.2 Å². The number of amides is 1. The number of aromatic nitrogens is 1. The first-order chi connectivity index (χ1) is 14.2. The third kappa shape index (κ3) is 4.98. The fourth-order valence-corrected chi connectivity index (χ4v) is 5.00. The van der Waals surface area contributed by atoms with E-state index in [0.29, 0.717) is 24.8 Å². The van der Waals surface area contributed by atoms with Gasteiger partial charge in [0, 0.05) is 41.3 Å². The minimum atomic E-state index is -0.616. The summed E-state index contributed by atoms with van der Waals surface area (Å²) in [5.74, 6) is -0.546. The first-order valence-electron chi connectivity index (χ1n) is 10.2. The van der Waals surface area contributed by atoms with Crippen LogP contribution in [0.4, 0.5) is 10.2 Å². The minimum absolute atomic E-state index is 0.0832. The first kappa shape index (κ1) is 23.0. The molecule has 4 nitrogen and oxygen atoms in total. The highest BCUT2D eigenvalue weighted by Gasteiger charge is 2.37. The van der Waals surface area contributed by atoms with E-state index in [0.717, 1.165) is 23.3 Å². The summed E-state index contributed by atoms with van der Waals surface area (Å²) < 4.78 is 20.5. The Bertz CT molecular complexity index is 893. The molecule has 0 aliphatic carbocycles. The number of halogens is 2. The number of carbonyl (C=O) groups excluding carboxylic acids is 1. The molecule has 162 valence electrons. The highest BCUT2D eigenvalue weighted by atomic mass is 35.5. The Morgan fingerprint density at radius 3 is 2.43 bits per heavy atom. The number of pyridine rings is 1. The van der Waals surface area contributed by atoms with E-state index in [-0.39, 0.29) is 16.5 Å². The summed E-state index contributed by atoms with van der Waals surface area (Å²) in [6.45, 7) is 8.87. The summed E-state index contributed by atoms with van der Waals surface area (Å²) in [5, 5.41) is 0.681. The smallest absolute Gasteiger partial charge is 0.233 e. The first-order valence-corrected chi connectivity index (χ1v) is 11.4. The number of nitrogens with zero attached hydrogens (tertiary/aromatic N) is 2. The maximum atomic E-state index is 15.2. The second-order valence-corrected chi connectivity index (χ2v) is 10.4. The molecule has 1 aromatic carbocycles. The van der Waals surface area contributed by atoms with E-state index in [9.17, 15) is 4.79 Å². The lowest BCUT2D eigenvalue weighted by Gasteiger charge is -2.37. The average Bonchev–Trinajstić information content (AvgIpc) is 2.71. The molecule has 0 spiro atoms. The van der Waals surface area contributed by atoms with Crippen molar-refractivity contribution in [2.45, 2.75) is 50.2 Å². The molecule has 2 aromatic rings. The molecule has 1 fully saturated rings. The minimum Gasteiger partial charge on any atom is -0.381 e. The maximum absolute atomic E-state index is 15.2. The van der Waals surface area contributed by atoms with Crippen LogP contribution in [0, 0.1) is 11.2 Å². The van der Waals surface area contributed by atoms with Gasteiger partial charge in [-0.05, 0) is 55.7 Å². The lowest BCUT2D eigenvalue weighted by atomic mass is 9.91. The number of thioether (sulfide) groups is 1. The van der Waals surface area contributed by atoms with Crippen molar-refractivity contribution < 1.29 is 13.9 Å². The highest BCUT2D eigenvalue weighted by molar-refractivity contribution is 8.00. The van der Waals surface area contributed by atoms with Gasteiger partial charge in [-0.2, -0.15) is 0 Å². The molecule has 0 saturated carbocycles. The topological polar surface area (TPSA) is 42.4 Å². The molecular weight excluding hydrogens is 423 g/mol. The summed E-state index contributed by atoms with van der Waals surface area (Å²) in [6.07, 6.45) is 3.21. The van der Waals surface area contributed by atoms with E-state index in [1.165, 1.54) is 11.0 Å². The average molecular weight is 451 g/mol. The maximum Gasteiger partial charge on any atom is 0.233 e. The van der Waals surface area contributed by atoms with Crippen molar-refractivity contribution in [1.29, 1.82) is 0 Å². The quantitative estimate of drug-likeness (QED) is 0.554. The van der Waals surface area contributed by atoms with Gasteiger partial charge in [0.15, 0.2) is 11.6 Å². The molecule has 0 N–H and O–H groups in total. The van der Waals surface area contributed by atoms with Crippen LogP contribution in [-0.2, 0) is 14.3 Å². The molecule has 7 heteroatoms. The molecule has 1 amide bonds. The number of rotatable bonds is 5. The van der Waals surface area contributed by atoms with Gasteiger partial charge in [0.05, 0.1) is 4.75 Å². The second-order valence-electron chi connectivity index (χ2n) is 8.49. The zero-order chi connectivity index (χ0) is 21.9. The van der Waals surface area contributed by atoms with Gasteiger partial charge in [-0.3, -0.25) is 9.69 Å². The second kappa shape index (κ2) is 9.25. The molecule has 30 heavy (non-hydrogen) atoms. The Hall–Kier alpha value is -1.63. The zero-order valence-electron chi connectivity index (χ0n) is 17.9. The van der Waals surface area contributed by atoms with Crippen molar-refractivity contribution in [2.24, 2.45) is 5.41 Å². The molecule has 3 rings (SSSR count). The van der Waals surface area contributed by atoms with Crippen LogP contribution < -0.4 is 4.90 Å². The SMILES string of the molecule is CCN(C(=O)C(C)(C)C)c1ncc(C2(Sc3ccc(Cl)cc3)CCOCC2)cc1F. The largest absolute Gasteiger partial charge is 0.381 e. The lowest BCUT2D eigenvalue weighted by Crippen LogP contribution is -2.40. The Balaban J connectivity index is 1.96. The van der Waals surface area contributed by atoms with Crippen molar-refractivity contribution in [2.75, 3.05) is 24.7 Å². The standard InChI is InChI=1S/C23H28ClFN2O2S/c1-5-27(21(28)22(2,3)4)20-19(25)14-16(15-26-20)23(10-12-29-13-11-23)30-18-8-6-17(24)7-9-18/h6-9,14-15H,5,10-13H2,1-4H3. The van der Waals surface area contributed by atoms with Crippen LogP contribution >= 0.6 is 23.4 Å². The molecule has 0 bridgehead atoms. The van der Waals surface area contributed by atoms with Crippen molar-refractivity contribution >= 4 is 35.1 Å². The van der Waals surface area contributed by atoms with E-state index in [4.69, 9.17) is 16.3 Å². The third-order valence-corrected chi connectivity index (χ3v) is 7.03. The highest BCUT2D eigenvalue weighted by Crippen LogP contribution is 2.49. The van der Waals surface area contributed by atoms with E-state index in [2.05, 4.69) is 4.98 Å². The zero-order valence-corrected chi connectivity index (χ0v) is 19.4. The molecule has 0 unspecified atom stereocenters. The van der Waals surface area contributed by atoms with Crippen molar-refractivity contribution in [3.05, 3.63) is 52.9 Å². The normalized spacial score (nSPS) is 16.3. The van der Waals surface area contributed by atoms with Crippen LogP contribution in [0.5, 0.6) is 0 Å². The van der Waals surface area contributed by atoms with Crippen LogP contribution in [0.25, 0.3) is 0 Å². The number of hydrogen-bond donors (Lipinski definition) is 0. The van der Waals surface area contributed by atoms with E-state index in [1.54, 1.807) is 18.0 Å². The Morgan fingerprint density at radius 2 is 1.90 bits per heavy atom. The van der Waals surface area contributed by atoms with Gasteiger partial charge in [-0.15, -0.1) is 11.8 Å². The van der Waals surface area contributed by atoms with Crippen molar-refractivity contribution in [3.8, 4) is 0 Å². The molecule has 0 atom stereocenters. The van der Waals surface area contributed by atoms with Gasteiger partial charge in [0.2, 0.25) is 5.91 Å². The number of hydrogen-bond acceptors (Lipinski definition) is 4. The summed E-state index contributed by atoms with van der Waals surface area (Å²) in [4.78, 5) is 19.6. The van der Waals surface area contributed by atoms with Crippen LogP contribution in [0.1, 0.15) is 46.1 Å². The predicted octanol–water partition coefficient (Wildman–Crippen LogP) is 6.07. The van der Waals surface area contributed by atoms with Crippen LogP contribution in [0.2, 0.25) is 5.02 Å². The summed E-state index contributed by atoms with van der Waals surface area (Å²) in [6, 6.07) is 9.20. The Labute approximate surface area is 187 Å². The summed E-state index contributed by atoms with van der Waals surface area (Å²) in [5.41, 5.74) is 0.195. The van der Waals surface area contributed by atoms with Crippen LogP contribution in [-0.4, -0.2) is 30.6 Å². The third-order valence-electron chi connectivity index (χ3n) is 5.23. The van der Waals surface area contributed by atoms with Gasteiger partial charge in [-0.1, -0.05) is 32.4 Å². The van der Waals surface area contributed by atoms with Crippen LogP contribution in [0.15, 0.2) is 41.4 Å². The molecule has 0 radical (unpaired) electrons. The van der Waals surface area contributed by atoms with Crippen molar-refractivity contribution in [3.63, 3.8) is 0 Å². The van der Waals surface area contributed by atoms with Gasteiger partial charge >= 0.3 is 0 Å². The van der Waals surface area contributed by atoms with E-state index >= 15 is 4.39 Å². The van der Waals surface area contributed by atoms with Gasteiger partial charge < -0.3 is 4.74 Å². The molecular formula is C23H28ClFN2O2S. The van der Waals surface area contributed by atoms with Gasteiger partial charge in [0.25, 0.3) is 0 Å². The fraction of sp³-hybridized carbons (Fsp3) is 0.478. The number of benzene rings is 1. The number of carbonyl (C=O) groups is 1. The molecule has 1 aliphatic rings. The Morgan fingerprint density at radius 1 is 1.27 bits per heavy atom. The molecule has 1 saturated heterocycles. The number of ether oxygens (including phenoxy) is 1. The molecule has 2 heterocycles. The van der Waals surface area contributed by atoms with Gasteiger partial charge in [-0.25, -0.2) is 9.37 Å². The summed E-state index contributed by atoms with van der Waals surface area (Å²) in [7, 11) is 0. The number of anilines is 1. The fourth-order valence-electron chi connectivity index (χ4n) is 3.55. The predicted molar refractivity (Wildman–Crippen MR) is 121 cm³/mol. The summed E-state index contributed by atoms with van der Waals surface area (Å²) >= 11 is 7.71. The monoisotopic (exact) mass is 450 g/mol. The van der Waals surface area contributed by atoms with Gasteiger partial charge in [0.1, 0.15) is 0 Å².